The molecule has 1 saturated heterocycles. The van der Waals surface area contributed by atoms with E-state index in [-0.39, 0.29) is 17.7 Å². The average molecular weight is 394 g/mol. The fraction of sp³-hybridized carbons (Fsp3) is 0.381. The molecule has 3 aromatic rings. The van der Waals surface area contributed by atoms with E-state index in [9.17, 15) is 9.59 Å². The number of anilines is 1. The Kier molecular flexibility index (Phi) is 5.35. The Bertz CT molecular complexity index is 1000. The first kappa shape index (κ1) is 19.2. The molecule has 1 atom stereocenters. The molecule has 0 aliphatic carbocycles. The van der Waals surface area contributed by atoms with E-state index >= 15 is 0 Å². The van der Waals surface area contributed by atoms with Crippen molar-refractivity contribution in [2.45, 2.75) is 19.3 Å². The normalized spacial score (nSPS) is 17.5. The van der Waals surface area contributed by atoms with Crippen molar-refractivity contribution in [1.29, 1.82) is 0 Å². The lowest BCUT2D eigenvalue weighted by atomic mass is 9.97. The molecular weight excluding hydrogens is 368 g/mol. The van der Waals surface area contributed by atoms with Gasteiger partial charge in [0.15, 0.2) is 5.82 Å². The number of fused-ring (bicyclic) bond motifs is 1. The smallest absolute Gasteiger partial charge is 0.226 e. The van der Waals surface area contributed by atoms with Crippen LogP contribution in [0, 0.1) is 5.92 Å². The van der Waals surface area contributed by atoms with Crippen molar-refractivity contribution in [3.63, 3.8) is 0 Å². The van der Waals surface area contributed by atoms with Crippen LogP contribution in [0.4, 0.5) is 5.82 Å². The number of nitrogens with one attached hydrogen (secondary N) is 2. The molecule has 0 saturated carbocycles. The van der Waals surface area contributed by atoms with Gasteiger partial charge in [0, 0.05) is 43.5 Å². The first-order valence-electron chi connectivity index (χ1n) is 9.93. The van der Waals surface area contributed by atoms with Crippen LogP contribution < -0.4 is 11.1 Å². The minimum atomic E-state index is -0.253. The molecular formula is C21H26N6O2. The maximum absolute atomic E-state index is 12.4. The van der Waals surface area contributed by atoms with Crippen LogP contribution in [0.2, 0.25) is 0 Å². The van der Waals surface area contributed by atoms with Gasteiger partial charge in [0.2, 0.25) is 11.8 Å². The molecule has 1 fully saturated rings. The summed E-state index contributed by atoms with van der Waals surface area (Å²) in [6, 6.07) is 12.0. The van der Waals surface area contributed by atoms with Gasteiger partial charge in [0.05, 0.1) is 17.3 Å². The summed E-state index contributed by atoms with van der Waals surface area (Å²) in [5.41, 5.74) is 8.33. The Hall–Kier alpha value is -3.13. The zero-order valence-electron chi connectivity index (χ0n) is 16.5. The molecule has 1 unspecified atom stereocenters. The number of amides is 2. The number of hydrogen-bond acceptors (Lipinski definition) is 4. The SMILES string of the molecule is Cn1nc(NC(=O)CCN2CCCC(C(N)=O)C2)cc1-c1cc2ccccc2[nH]1. The summed E-state index contributed by atoms with van der Waals surface area (Å²) in [6.45, 7) is 2.14. The van der Waals surface area contributed by atoms with Crippen molar-refractivity contribution in [3.8, 4) is 11.4 Å². The quantitative estimate of drug-likeness (QED) is 0.595. The molecule has 8 heteroatoms. The third kappa shape index (κ3) is 4.32. The molecule has 29 heavy (non-hydrogen) atoms. The lowest BCUT2D eigenvalue weighted by Crippen LogP contribution is -2.42. The van der Waals surface area contributed by atoms with Gasteiger partial charge in [-0.05, 0) is 31.5 Å². The highest BCUT2D eigenvalue weighted by atomic mass is 16.2. The number of piperidine rings is 1. The van der Waals surface area contributed by atoms with Crippen LogP contribution in [0.3, 0.4) is 0 Å². The Morgan fingerprint density at radius 3 is 2.93 bits per heavy atom. The summed E-state index contributed by atoms with van der Waals surface area (Å²) < 4.78 is 1.75. The van der Waals surface area contributed by atoms with Gasteiger partial charge in [-0.1, -0.05) is 18.2 Å². The van der Waals surface area contributed by atoms with Crippen LogP contribution in [-0.4, -0.2) is 51.1 Å². The number of likely N-dealkylation sites (tertiary alicyclic amines) is 1. The molecule has 3 heterocycles. The number of aromatic amines is 1. The van der Waals surface area contributed by atoms with Crippen LogP contribution in [-0.2, 0) is 16.6 Å². The number of hydrogen-bond donors (Lipinski definition) is 3. The van der Waals surface area contributed by atoms with Crippen molar-refractivity contribution in [2.24, 2.45) is 18.7 Å². The molecule has 8 nitrogen and oxygen atoms in total. The van der Waals surface area contributed by atoms with Gasteiger partial charge in [-0.3, -0.25) is 14.3 Å². The maximum Gasteiger partial charge on any atom is 0.226 e. The van der Waals surface area contributed by atoms with Crippen LogP contribution in [0.25, 0.3) is 22.3 Å². The van der Waals surface area contributed by atoms with Gasteiger partial charge in [0.25, 0.3) is 0 Å². The summed E-state index contributed by atoms with van der Waals surface area (Å²) >= 11 is 0. The molecule has 0 radical (unpaired) electrons. The van der Waals surface area contributed by atoms with E-state index in [1.165, 1.54) is 0 Å². The highest BCUT2D eigenvalue weighted by Crippen LogP contribution is 2.25. The van der Waals surface area contributed by atoms with Crippen LogP contribution >= 0.6 is 0 Å². The Labute approximate surface area is 169 Å². The van der Waals surface area contributed by atoms with E-state index in [0.717, 1.165) is 41.7 Å². The second-order valence-electron chi connectivity index (χ2n) is 7.65. The summed E-state index contributed by atoms with van der Waals surface area (Å²) in [4.78, 5) is 29.3. The van der Waals surface area contributed by atoms with E-state index in [1.807, 2.05) is 31.3 Å². The van der Waals surface area contributed by atoms with Gasteiger partial charge >= 0.3 is 0 Å². The number of aryl methyl sites for hydroxylation is 1. The summed E-state index contributed by atoms with van der Waals surface area (Å²) in [6.07, 6.45) is 2.12. The third-order valence-corrected chi connectivity index (χ3v) is 5.52. The van der Waals surface area contributed by atoms with Crippen LogP contribution in [0.15, 0.2) is 36.4 Å². The molecule has 1 aliphatic rings. The number of carbonyl (C=O) groups excluding carboxylic acids is 2. The summed E-state index contributed by atoms with van der Waals surface area (Å²) in [5, 5.41) is 8.42. The van der Waals surface area contributed by atoms with E-state index < -0.39 is 0 Å². The molecule has 2 amide bonds. The van der Waals surface area contributed by atoms with Crippen LogP contribution in [0.1, 0.15) is 19.3 Å². The lowest BCUT2D eigenvalue weighted by molar-refractivity contribution is -0.123. The predicted molar refractivity (Wildman–Crippen MR) is 112 cm³/mol. The predicted octanol–water partition coefficient (Wildman–Crippen LogP) is 2.09. The van der Waals surface area contributed by atoms with Crippen molar-refractivity contribution in [3.05, 3.63) is 36.4 Å². The largest absolute Gasteiger partial charge is 0.369 e. The first-order chi connectivity index (χ1) is 14.0. The molecule has 1 aromatic carbocycles. The Balaban J connectivity index is 1.37. The number of nitrogens with zero attached hydrogens (tertiary/aromatic N) is 3. The number of benzene rings is 1. The Morgan fingerprint density at radius 2 is 2.14 bits per heavy atom. The Morgan fingerprint density at radius 1 is 1.31 bits per heavy atom. The molecule has 2 aromatic heterocycles. The second kappa shape index (κ2) is 8.08. The minimum Gasteiger partial charge on any atom is -0.369 e. The van der Waals surface area contributed by atoms with E-state index in [2.05, 4.69) is 32.4 Å². The molecule has 1 aliphatic heterocycles. The van der Waals surface area contributed by atoms with Crippen molar-refractivity contribution in [1.82, 2.24) is 19.7 Å². The first-order valence-corrected chi connectivity index (χ1v) is 9.93. The fourth-order valence-corrected chi connectivity index (χ4v) is 3.95. The number of primary amides is 1. The monoisotopic (exact) mass is 394 g/mol. The lowest BCUT2D eigenvalue weighted by Gasteiger charge is -2.30. The third-order valence-electron chi connectivity index (χ3n) is 5.52. The van der Waals surface area contributed by atoms with Gasteiger partial charge in [-0.2, -0.15) is 5.10 Å². The molecule has 4 N–H and O–H groups in total. The van der Waals surface area contributed by atoms with Crippen molar-refractivity contribution in [2.75, 3.05) is 25.0 Å². The number of aromatic nitrogens is 3. The highest BCUT2D eigenvalue weighted by molar-refractivity contribution is 5.91. The molecule has 4 rings (SSSR count). The fourth-order valence-electron chi connectivity index (χ4n) is 3.95. The average Bonchev–Trinajstić information content (AvgIpc) is 3.29. The van der Waals surface area contributed by atoms with E-state index in [4.69, 9.17) is 5.73 Å². The summed E-state index contributed by atoms with van der Waals surface area (Å²) in [7, 11) is 1.86. The molecule has 152 valence electrons. The second-order valence-corrected chi connectivity index (χ2v) is 7.65. The topological polar surface area (TPSA) is 109 Å². The number of carbonyl (C=O) groups is 2. The zero-order chi connectivity index (χ0) is 20.4. The maximum atomic E-state index is 12.4. The van der Waals surface area contributed by atoms with Crippen molar-refractivity contribution < 1.29 is 9.59 Å². The van der Waals surface area contributed by atoms with Crippen molar-refractivity contribution >= 4 is 28.5 Å². The molecule has 0 bridgehead atoms. The number of rotatable bonds is 6. The highest BCUT2D eigenvalue weighted by Gasteiger charge is 2.24. The standard InChI is InChI=1S/C21H26N6O2/c1-26-18(17-11-14-5-2-3-7-16(14)23-17)12-19(25-26)24-20(28)8-10-27-9-4-6-15(13-27)21(22)29/h2-3,5,7,11-12,15,23H,4,6,8-10,13H2,1H3,(H2,22,29)(H,24,25,28). The van der Waals surface area contributed by atoms with Gasteiger partial charge in [-0.25, -0.2) is 0 Å². The zero-order valence-corrected chi connectivity index (χ0v) is 16.5. The van der Waals surface area contributed by atoms with Gasteiger partial charge in [0.1, 0.15) is 0 Å². The number of nitrogens with two attached hydrogens (primary N) is 1. The van der Waals surface area contributed by atoms with E-state index in [0.29, 0.717) is 25.3 Å². The molecule has 0 spiro atoms. The van der Waals surface area contributed by atoms with E-state index in [1.54, 1.807) is 4.68 Å². The minimum absolute atomic E-state index is 0.0903. The van der Waals surface area contributed by atoms with Crippen LogP contribution in [0.5, 0.6) is 0 Å². The van der Waals surface area contributed by atoms with Gasteiger partial charge < -0.3 is 20.9 Å². The number of para-hydroxylation sites is 1. The van der Waals surface area contributed by atoms with Gasteiger partial charge in [-0.15, -0.1) is 0 Å². The number of H-pyrrole nitrogens is 1. The summed E-state index contributed by atoms with van der Waals surface area (Å²) in [5.74, 6) is 0.0749.